The molecule has 0 aromatic heterocycles. The Bertz CT molecular complexity index is 527. The van der Waals surface area contributed by atoms with Crippen molar-refractivity contribution in [1.82, 2.24) is 9.80 Å². The number of imide groups is 1. The van der Waals surface area contributed by atoms with Crippen LogP contribution in [0.2, 0.25) is 0 Å². The lowest BCUT2D eigenvalue weighted by Gasteiger charge is -2.57. The molecule has 0 spiro atoms. The highest BCUT2D eigenvalue weighted by molar-refractivity contribution is 6.05. The smallest absolute Gasteiger partial charge is 0.234 e. The molecule has 4 heteroatoms. The number of allylic oxidation sites excluding steroid dienone is 1. The van der Waals surface area contributed by atoms with E-state index in [4.69, 9.17) is 0 Å². The fourth-order valence-corrected chi connectivity index (χ4v) is 5.03. The van der Waals surface area contributed by atoms with Crippen LogP contribution in [0.25, 0.3) is 0 Å². The van der Waals surface area contributed by atoms with E-state index < -0.39 is 0 Å². The average Bonchev–Trinajstić information content (AvgIpc) is 2.95. The van der Waals surface area contributed by atoms with Crippen LogP contribution in [0.4, 0.5) is 0 Å². The minimum atomic E-state index is -0.0890. The summed E-state index contributed by atoms with van der Waals surface area (Å²) in [4.78, 5) is 27.8. The van der Waals surface area contributed by atoms with Gasteiger partial charge >= 0.3 is 0 Å². The second-order valence-electron chi connectivity index (χ2n) is 7.96. The van der Waals surface area contributed by atoms with Gasteiger partial charge in [0.2, 0.25) is 11.8 Å². The van der Waals surface area contributed by atoms with Gasteiger partial charge in [-0.2, -0.15) is 0 Å². The SMILES string of the molecule is CN1C(=O)[C@H]2CN(CC3=CC[C@H]4C[C@@H]3C4(C)C)C[C@H]2C1=O. The molecule has 2 amide bonds. The Labute approximate surface area is 126 Å². The van der Waals surface area contributed by atoms with Gasteiger partial charge in [-0.3, -0.25) is 19.4 Å². The van der Waals surface area contributed by atoms with Crippen molar-refractivity contribution in [3.8, 4) is 0 Å². The van der Waals surface area contributed by atoms with Crippen LogP contribution in [0, 0.1) is 29.1 Å². The van der Waals surface area contributed by atoms with Crippen molar-refractivity contribution in [3.05, 3.63) is 11.6 Å². The van der Waals surface area contributed by atoms with Gasteiger partial charge in [0.15, 0.2) is 0 Å². The van der Waals surface area contributed by atoms with Gasteiger partial charge in [0.05, 0.1) is 11.8 Å². The normalized spacial score (nSPS) is 41.1. The topological polar surface area (TPSA) is 40.6 Å². The lowest BCUT2D eigenvalue weighted by Crippen LogP contribution is -2.49. The van der Waals surface area contributed by atoms with Crippen LogP contribution < -0.4 is 0 Å². The molecule has 114 valence electrons. The van der Waals surface area contributed by atoms with Gasteiger partial charge in [-0.05, 0) is 30.1 Å². The molecule has 2 aliphatic heterocycles. The van der Waals surface area contributed by atoms with Gasteiger partial charge in [-0.1, -0.05) is 25.5 Å². The molecule has 4 atom stereocenters. The molecule has 0 unspecified atom stereocenters. The van der Waals surface area contributed by atoms with E-state index in [1.54, 1.807) is 12.6 Å². The number of carbonyl (C=O) groups excluding carboxylic acids is 2. The van der Waals surface area contributed by atoms with E-state index in [9.17, 15) is 9.59 Å². The number of fused-ring (bicyclic) bond motifs is 2. The van der Waals surface area contributed by atoms with E-state index in [1.807, 2.05) is 0 Å². The number of carbonyl (C=O) groups is 2. The highest BCUT2D eigenvalue weighted by Crippen LogP contribution is 2.59. The van der Waals surface area contributed by atoms with E-state index >= 15 is 0 Å². The highest BCUT2D eigenvalue weighted by atomic mass is 16.2. The minimum Gasteiger partial charge on any atom is -0.298 e. The molecule has 2 heterocycles. The molecular formula is C17H24N2O2. The number of nitrogens with zero attached hydrogens (tertiary/aromatic N) is 2. The van der Waals surface area contributed by atoms with Crippen LogP contribution in [0.5, 0.6) is 0 Å². The van der Waals surface area contributed by atoms with E-state index in [0.717, 1.165) is 25.6 Å². The first-order chi connectivity index (χ1) is 9.89. The summed E-state index contributed by atoms with van der Waals surface area (Å²) in [7, 11) is 1.62. The minimum absolute atomic E-state index is 0.0224. The molecule has 2 bridgehead atoms. The molecule has 3 aliphatic carbocycles. The summed E-state index contributed by atoms with van der Waals surface area (Å²) in [5, 5.41) is 0. The van der Waals surface area contributed by atoms with Gasteiger partial charge in [0.1, 0.15) is 0 Å². The fourth-order valence-electron chi connectivity index (χ4n) is 5.03. The Morgan fingerprint density at radius 1 is 1.19 bits per heavy atom. The Morgan fingerprint density at radius 2 is 1.81 bits per heavy atom. The molecule has 4 nitrogen and oxygen atoms in total. The third-order valence-electron chi connectivity index (χ3n) is 6.68. The maximum absolute atomic E-state index is 12.1. The van der Waals surface area contributed by atoms with Crippen molar-refractivity contribution in [2.45, 2.75) is 26.7 Å². The van der Waals surface area contributed by atoms with Crippen molar-refractivity contribution in [2.24, 2.45) is 29.1 Å². The molecule has 1 saturated carbocycles. The van der Waals surface area contributed by atoms with Crippen LogP contribution in [0.15, 0.2) is 11.6 Å². The lowest BCUT2D eigenvalue weighted by atomic mass is 9.49. The number of hydrogen-bond acceptors (Lipinski definition) is 3. The zero-order valence-electron chi connectivity index (χ0n) is 13.1. The molecule has 21 heavy (non-hydrogen) atoms. The van der Waals surface area contributed by atoms with E-state index in [-0.39, 0.29) is 23.7 Å². The number of hydrogen-bond donors (Lipinski definition) is 0. The average molecular weight is 288 g/mol. The number of likely N-dealkylation sites (tertiary alicyclic amines) is 2. The van der Waals surface area contributed by atoms with Crippen LogP contribution in [-0.4, -0.2) is 48.3 Å². The van der Waals surface area contributed by atoms with E-state index in [0.29, 0.717) is 11.3 Å². The maximum Gasteiger partial charge on any atom is 0.234 e. The van der Waals surface area contributed by atoms with Crippen LogP contribution >= 0.6 is 0 Å². The second kappa shape index (κ2) is 4.19. The Kier molecular flexibility index (Phi) is 2.69. The monoisotopic (exact) mass is 288 g/mol. The first kappa shape index (κ1) is 13.5. The van der Waals surface area contributed by atoms with Gasteiger partial charge in [0.25, 0.3) is 0 Å². The highest BCUT2D eigenvalue weighted by Gasteiger charge is 2.53. The molecule has 5 aliphatic rings. The lowest BCUT2D eigenvalue weighted by molar-refractivity contribution is -0.138. The Hall–Kier alpha value is -1.16. The van der Waals surface area contributed by atoms with Crippen LogP contribution in [0.1, 0.15) is 26.7 Å². The Morgan fingerprint density at radius 3 is 2.33 bits per heavy atom. The van der Waals surface area contributed by atoms with Gasteiger partial charge in [0, 0.05) is 26.7 Å². The maximum atomic E-state index is 12.1. The summed E-state index contributed by atoms with van der Waals surface area (Å²) in [6.07, 6.45) is 4.97. The predicted molar refractivity (Wildman–Crippen MR) is 79.3 cm³/mol. The first-order valence-electron chi connectivity index (χ1n) is 8.12. The molecule has 3 fully saturated rings. The molecule has 0 radical (unpaired) electrons. The van der Waals surface area contributed by atoms with E-state index in [1.165, 1.54) is 17.7 Å². The van der Waals surface area contributed by atoms with Crippen LogP contribution in [-0.2, 0) is 9.59 Å². The predicted octanol–water partition coefficient (Wildman–Crippen LogP) is 1.53. The molecule has 0 aromatic carbocycles. The van der Waals surface area contributed by atoms with E-state index in [2.05, 4.69) is 24.8 Å². The third kappa shape index (κ3) is 1.71. The zero-order chi connectivity index (χ0) is 14.9. The molecule has 0 N–H and O–H groups in total. The van der Waals surface area contributed by atoms with Crippen molar-refractivity contribution in [3.63, 3.8) is 0 Å². The fraction of sp³-hybridized carbons (Fsp3) is 0.765. The number of amides is 2. The van der Waals surface area contributed by atoms with Crippen molar-refractivity contribution in [1.29, 1.82) is 0 Å². The summed E-state index contributed by atoms with van der Waals surface area (Å²) < 4.78 is 0. The summed E-state index contributed by atoms with van der Waals surface area (Å²) in [6, 6.07) is 0. The standard InChI is InChI=1S/C17H24N2O2/c1-17(2)11-5-4-10(14(17)6-11)7-19-8-12-13(9-19)16(21)18(3)15(12)20/h4,11-14H,5-9H2,1-3H3/t11-,12-,13+,14-/m0/s1. The summed E-state index contributed by atoms with van der Waals surface area (Å²) in [5.41, 5.74) is 2.00. The Balaban J connectivity index is 1.46. The third-order valence-corrected chi connectivity index (χ3v) is 6.68. The first-order valence-corrected chi connectivity index (χ1v) is 8.12. The van der Waals surface area contributed by atoms with Crippen molar-refractivity contribution in [2.75, 3.05) is 26.7 Å². The molecule has 5 rings (SSSR count). The van der Waals surface area contributed by atoms with Gasteiger partial charge in [-0.25, -0.2) is 0 Å². The molecular weight excluding hydrogens is 264 g/mol. The number of rotatable bonds is 2. The van der Waals surface area contributed by atoms with Crippen LogP contribution in [0.3, 0.4) is 0 Å². The second-order valence-corrected chi connectivity index (χ2v) is 7.96. The zero-order valence-corrected chi connectivity index (χ0v) is 13.1. The molecule has 2 saturated heterocycles. The van der Waals surface area contributed by atoms with Gasteiger partial charge in [-0.15, -0.1) is 0 Å². The molecule has 0 aromatic rings. The van der Waals surface area contributed by atoms with Crippen molar-refractivity contribution >= 4 is 11.8 Å². The van der Waals surface area contributed by atoms with Gasteiger partial charge < -0.3 is 0 Å². The summed E-state index contributed by atoms with van der Waals surface area (Å²) >= 11 is 0. The van der Waals surface area contributed by atoms with Crippen molar-refractivity contribution < 1.29 is 9.59 Å². The summed E-state index contributed by atoms with van der Waals surface area (Å²) in [5.74, 6) is 1.44. The largest absolute Gasteiger partial charge is 0.298 e. The summed E-state index contributed by atoms with van der Waals surface area (Å²) in [6.45, 7) is 7.25. The quantitative estimate of drug-likeness (QED) is 0.571.